The smallest absolute Gasteiger partial charge is 0.126 e. The summed E-state index contributed by atoms with van der Waals surface area (Å²) in [7, 11) is 1.66. The summed E-state index contributed by atoms with van der Waals surface area (Å²) >= 11 is 0. The van der Waals surface area contributed by atoms with Gasteiger partial charge in [-0.1, -0.05) is 18.2 Å². The highest BCUT2D eigenvalue weighted by Crippen LogP contribution is 2.27. The van der Waals surface area contributed by atoms with Gasteiger partial charge in [-0.25, -0.2) is 0 Å². The van der Waals surface area contributed by atoms with Crippen molar-refractivity contribution in [3.63, 3.8) is 0 Å². The molecular weight excluding hydrogens is 266 g/mol. The van der Waals surface area contributed by atoms with E-state index >= 15 is 0 Å². The molecule has 1 N–H and O–H groups in total. The first-order chi connectivity index (χ1) is 10.2. The number of hydrogen-bond acceptors (Lipinski definition) is 3. The summed E-state index contributed by atoms with van der Waals surface area (Å²) in [6.45, 7) is 3.61. The number of nitrogens with one attached hydrogen (secondary N) is 1. The van der Waals surface area contributed by atoms with E-state index in [9.17, 15) is 5.21 Å². The molecule has 0 amide bonds. The van der Waals surface area contributed by atoms with Gasteiger partial charge < -0.3 is 19.7 Å². The molecule has 4 nitrogen and oxygen atoms in total. The van der Waals surface area contributed by atoms with Gasteiger partial charge in [0.05, 0.1) is 13.2 Å². The highest BCUT2D eigenvalue weighted by Gasteiger charge is 2.13. The van der Waals surface area contributed by atoms with Gasteiger partial charge in [0.2, 0.25) is 0 Å². The van der Waals surface area contributed by atoms with E-state index in [1.165, 1.54) is 5.56 Å². The van der Waals surface area contributed by atoms with E-state index in [2.05, 4.69) is 18.2 Å². The van der Waals surface area contributed by atoms with E-state index in [-0.39, 0.29) is 5.06 Å². The molecule has 0 bridgehead atoms. The van der Waals surface area contributed by atoms with Gasteiger partial charge in [0.15, 0.2) is 0 Å². The monoisotopic (exact) mass is 289 g/mol. The van der Waals surface area contributed by atoms with Crippen LogP contribution < -0.4 is 9.80 Å². The maximum absolute atomic E-state index is 11.6. The van der Waals surface area contributed by atoms with Crippen molar-refractivity contribution in [2.75, 3.05) is 26.9 Å². The molecule has 0 saturated heterocycles. The van der Waals surface area contributed by atoms with Gasteiger partial charge in [0.25, 0.3) is 0 Å². The Morgan fingerprint density at radius 1 is 1.24 bits per heavy atom. The van der Waals surface area contributed by atoms with Crippen LogP contribution in [-0.2, 0) is 4.74 Å². The van der Waals surface area contributed by atoms with Gasteiger partial charge >= 0.3 is 0 Å². The number of allylic oxidation sites excluding steroid dienone is 3. The number of likely N-dealkylation sites (N-methyl/N-ethyl adjacent to an activating group) is 1. The molecule has 0 radical (unpaired) electrons. The molecule has 2 unspecified atom stereocenters. The van der Waals surface area contributed by atoms with E-state index in [0.29, 0.717) is 25.7 Å². The van der Waals surface area contributed by atoms with Crippen LogP contribution in [0.15, 0.2) is 48.2 Å². The summed E-state index contributed by atoms with van der Waals surface area (Å²) in [5.41, 5.74) is 2.08. The predicted molar refractivity (Wildman–Crippen MR) is 83.3 cm³/mol. The minimum absolute atomic E-state index is 0.214. The zero-order valence-corrected chi connectivity index (χ0v) is 12.7. The van der Waals surface area contributed by atoms with Gasteiger partial charge in [-0.2, -0.15) is 0 Å². The molecule has 1 aliphatic rings. The first kappa shape index (κ1) is 15.8. The van der Waals surface area contributed by atoms with Crippen molar-refractivity contribution in [2.45, 2.75) is 19.3 Å². The van der Waals surface area contributed by atoms with Crippen LogP contribution in [0.25, 0.3) is 0 Å². The standard InChI is InChI=1S/C17H23NO3/c1-3-18(19)16-8-4-14(5-9-16)15-6-10-17(11-7-15)21-13-12-20-2/h4,6-11,14,18H,3,5,12-13H2,1-2H3. The second-order valence-corrected chi connectivity index (χ2v) is 5.05. The fraction of sp³-hybridized carbons (Fsp3) is 0.412. The van der Waals surface area contributed by atoms with Crippen molar-refractivity contribution in [1.29, 1.82) is 0 Å². The third-order valence-electron chi connectivity index (χ3n) is 3.61. The van der Waals surface area contributed by atoms with Crippen LogP contribution in [0, 0.1) is 5.21 Å². The van der Waals surface area contributed by atoms with Gasteiger partial charge in [-0.05, 0) is 43.2 Å². The van der Waals surface area contributed by atoms with Crippen molar-refractivity contribution in [2.24, 2.45) is 0 Å². The molecule has 0 aromatic heterocycles. The van der Waals surface area contributed by atoms with Crippen LogP contribution in [-0.4, -0.2) is 26.9 Å². The Morgan fingerprint density at radius 3 is 2.57 bits per heavy atom. The SMILES string of the molecule is CC[NH+]([O-])C1=CCC(c2ccc(OCCOC)cc2)C=C1. The van der Waals surface area contributed by atoms with E-state index in [0.717, 1.165) is 17.9 Å². The maximum atomic E-state index is 11.6. The molecule has 4 heteroatoms. The average Bonchev–Trinajstić information content (AvgIpc) is 2.55. The molecule has 1 aromatic rings. The summed E-state index contributed by atoms with van der Waals surface area (Å²) in [6.07, 6.45) is 6.98. The minimum atomic E-state index is 0.214. The topological polar surface area (TPSA) is 46.0 Å². The van der Waals surface area contributed by atoms with Crippen LogP contribution in [0.2, 0.25) is 0 Å². The Kier molecular flexibility index (Phi) is 5.99. The summed E-state index contributed by atoms with van der Waals surface area (Å²) < 4.78 is 10.5. The van der Waals surface area contributed by atoms with Crippen LogP contribution >= 0.6 is 0 Å². The lowest BCUT2D eigenvalue weighted by Gasteiger charge is -2.24. The van der Waals surface area contributed by atoms with E-state index < -0.39 is 0 Å². The molecule has 0 saturated carbocycles. The number of quaternary nitrogens is 1. The Labute approximate surface area is 126 Å². The van der Waals surface area contributed by atoms with E-state index in [4.69, 9.17) is 9.47 Å². The third-order valence-corrected chi connectivity index (χ3v) is 3.61. The second kappa shape index (κ2) is 7.98. The number of hydrogen-bond donors (Lipinski definition) is 1. The average molecular weight is 289 g/mol. The van der Waals surface area contributed by atoms with Crippen molar-refractivity contribution < 1.29 is 14.5 Å². The zero-order valence-electron chi connectivity index (χ0n) is 12.7. The maximum Gasteiger partial charge on any atom is 0.126 e. The largest absolute Gasteiger partial charge is 0.629 e. The number of benzene rings is 1. The first-order valence-corrected chi connectivity index (χ1v) is 7.38. The molecule has 2 atom stereocenters. The number of ether oxygens (including phenoxy) is 2. The Hall–Kier alpha value is -1.62. The Bertz CT molecular complexity index is 493. The summed E-state index contributed by atoms with van der Waals surface area (Å²) in [5, 5.41) is 11.8. The van der Waals surface area contributed by atoms with Crippen molar-refractivity contribution >= 4 is 0 Å². The van der Waals surface area contributed by atoms with Crippen LogP contribution in [0.3, 0.4) is 0 Å². The van der Waals surface area contributed by atoms with Gasteiger partial charge in [0, 0.05) is 13.0 Å². The fourth-order valence-corrected chi connectivity index (χ4v) is 2.33. The van der Waals surface area contributed by atoms with Crippen molar-refractivity contribution in [3.8, 4) is 5.75 Å². The molecule has 1 aromatic carbocycles. The van der Waals surface area contributed by atoms with Crippen LogP contribution in [0.5, 0.6) is 5.75 Å². The predicted octanol–water partition coefficient (Wildman–Crippen LogP) is 2.04. The van der Waals surface area contributed by atoms with Crippen molar-refractivity contribution in [3.05, 3.63) is 59.0 Å². The summed E-state index contributed by atoms with van der Waals surface area (Å²) in [5.74, 6) is 1.19. The molecule has 0 aliphatic heterocycles. The van der Waals surface area contributed by atoms with Crippen molar-refractivity contribution in [1.82, 2.24) is 0 Å². The van der Waals surface area contributed by atoms with Gasteiger partial charge in [0.1, 0.15) is 18.1 Å². The Morgan fingerprint density at radius 2 is 2.00 bits per heavy atom. The number of methoxy groups -OCH3 is 1. The van der Waals surface area contributed by atoms with Gasteiger partial charge in [-0.15, -0.1) is 0 Å². The van der Waals surface area contributed by atoms with E-state index in [1.54, 1.807) is 7.11 Å². The van der Waals surface area contributed by atoms with E-state index in [1.807, 2.05) is 31.2 Å². The molecular formula is C17H23NO3. The lowest BCUT2D eigenvalue weighted by atomic mass is 9.91. The fourth-order valence-electron chi connectivity index (χ4n) is 2.33. The Balaban J connectivity index is 1.92. The first-order valence-electron chi connectivity index (χ1n) is 7.38. The molecule has 2 rings (SSSR count). The number of hydroxylamine groups is 2. The van der Waals surface area contributed by atoms with Crippen LogP contribution in [0.4, 0.5) is 0 Å². The highest BCUT2D eigenvalue weighted by atomic mass is 16.5. The summed E-state index contributed by atoms with van der Waals surface area (Å²) in [6, 6.07) is 8.12. The molecule has 114 valence electrons. The van der Waals surface area contributed by atoms with Gasteiger partial charge in [-0.3, -0.25) is 0 Å². The molecule has 0 spiro atoms. The quantitative estimate of drug-likeness (QED) is 0.617. The molecule has 0 heterocycles. The second-order valence-electron chi connectivity index (χ2n) is 5.05. The minimum Gasteiger partial charge on any atom is -0.629 e. The third kappa shape index (κ3) is 4.43. The lowest BCUT2D eigenvalue weighted by molar-refractivity contribution is -0.800. The lowest BCUT2D eigenvalue weighted by Crippen LogP contribution is -3.04. The highest BCUT2D eigenvalue weighted by molar-refractivity contribution is 5.34. The van der Waals surface area contributed by atoms with Crippen LogP contribution in [0.1, 0.15) is 24.8 Å². The normalized spacial score (nSPS) is 19.2. The number of rotatable bonds is 7. The summed E-state index contributed by atoms with van der Waals surface area (Å²) in [4.78, 5) is 0. The molecule has 21 heavy (non-hydrogen) atoms. The zero-order chi connectivity index (χ0) is 15.1. The molecule has 0 fully saturated rings. The molecule has 1 aliphatic carbocycles.